The van der Waals surface area contributed by atoms with E-state index in [-0.39, 0.29) is 0 Å². The Hall–Kier alpha value is -1.20. The summed E-state index contributed by atoms with van der Waals surface area (Å²) in [7, 11) is 0. The molecule has 2 N–H and O–H groups in total. The molecule has 0 aliphatic carbocycles. The molecular formula is C11H13BrN4. The second-order valence-electron chi connectivity index (χ2n) is 3.46. The van der Waals surface area contributed by atoms with Gasteiger partial charge in [0.25, 0.3) is 0 Å². The van der Waals surface area contributed by atoms with Crippen molar-refractivity contribution >= 4 is 15.9 Å². The number of halogens is 1. The van der Waals surface area contributed by atoms with E-state index >= 15 is 0 Å². The Bertz CT molecular complexity index is 467. The molecule has 0 amide bonds. The smallest absolute Gasteiger partial charge is 0.0896 e. The molecule has 0 bridgehead atoms. The topological polar surface area (TPSA) is 56.7 Å². The van der Waals surface area contributed by atoms with Gasteiger partial charge < -0.3 is 5.73 Å². The van der Waals surface area contributed by atoms with Crippen molar-refractivity contribution in [2.75, 3.05) is 6.54 Å². The summed E-state index contributed by atoms with van der Waals surface area (Å²) in [5, 5.41) is 8.01. The van der Waals surface area contributed by atoms with Gasteiger partial charge in [0.2, 0.25) is 0 Å². The number of aryl methyl sites for hydroxylation is 1. The van der Waals surface area contributed by atoms with Gasteiger partial charge in [-0.05, 0) is 19.0 Å². The summed E-state index contributed by atoms with van der Waals surface area (Å²) < 4.78 is 2.93. The van der Waals surface area contributed by atoms with Crippen LogP contribution in [0.25, 0.3) is 11.3 Å². The van der Waals surface area contributed by atoms with Crippen molar-refractivity contribution in [3.63, 3.8) is 0 Å². The molecule has 5 heteroatoms. The molecule has 0 aliphatic rings. The van der Waals surface area contributed by atoms with E-state index in [0.717, 1.165) is 28.7 Å². The molecule has 4 nitrogen and oxygen atoms in total. The first-order chi connectivity index (χ1) is 7.83. The summed E-state index contributed by atoms with van der Waals surface area (Å²) in [6.45, 7) is 1.46. The number of rotatable bonds is 4. The Labute approximate surface area is 103 Å². The first kappa shape index (κ1) is 11.3. The molecule has 1 heterocycles. The molecule has 0 atom stereocenters. The van der Waals surface area contributed by atoms with Crippen molar-refractivity contribution < 1.29 is 0 Å². The maximum absolute atomic E-state index is 5.49. The zero-order valence-corrected chi connectivity index (χ0v) is 10.4. The van der Waals surface area contributed by atoms with Gasteiger partial charge in [0, 0.05) is 16.6 Å². The van der Waals surface area contributed by atoms with Gasteiger partial charge in [0.15, 0.2) is 0 Å². The first-order valence-corrected chi connectivity index (χ1v) is 5.95. The van der Waals surface area contributed by atoms with Gasteiger partial charge in [-0.2, -0.15) is 0 Å². The fraction of sp³-hybridized carbons (Fsp3) is 0.273. The van der Waals surface area contributed by atoms with Crippen LogP contribution in [0.15, 0.2) is 34.9 Å². The first-order valence-electron chi connectivity index (χ1n) is 5.16. The molecule has 1 aromatic heterocycles. The van der Waals surface area contributed by atoms with Crippen molar-refractivity contribution in [2.24, 2.45) is 5.73 Å². The number of nitrogens with two attached hydrogens (primary N) is 1. The van der Waals surface area contributed by atoms with Gasteiger partial charge in [-0.3, -0.25) is 0 Å². The third-order valence-corrected chi connectivity index (χ3v) is 3.03. The van der Waals surface area contributed by atoms with E-state index in [9.17, 15) is 0 Å². The lowest BCUT2D eigenvalue weighted by molar-refractivity contribution is 0.569. The standard InChI is InChI=1S/C11H13BrN4/c12-10-5-2-1-4-9(10)11-8-14-15-16(11)7-3-6-13/h1-2,4-5,8H,3,6-7,13H2. The average molecular weight is 281 g/mol. The third-order valence-electron chi connectivity index (χ3n) is 2.34. The minimum absolute atomic E-state index is 0.662. The molecule has 16 heavy (non-hydrogen) atoms. The number of nitrogens with zero attached hydrogens (tertiary/aromatic N) is 3. The summed E-state index contributed by atoms with van der Waals surface area (Å²) in [5.74, 6) is 0. The number of aromatic nitrogens is 3. The lowest BCUT2D eigenvalue weighted by Gasteiger charge is -2.06. The van der Waals surface area contributed by atoms with Gasteiger partial charge in [-0.15, -0.1) is 5.10 Å². The van der Waals surface area contributed by atoms with Crippen molar-refractivity contribution in [1.82, 2.24) is 15.0 Å². The van der Waals surface area contributed by atoms with Gasteiger partial charge in [-0.25, -0.2) is 4.68 Å². The maximum atomic E-state index is 5.49. The van der Waals surface area contributed by atoms with E-state index in [1.54, 1.807) is 6.20 Å². The highest BCUT2D eigenvalue weighted by Gasteiger charge is 2.08. The molecule has 0 saturated heterocycles. The van der Waals surface area contributed by atoms with Crippen LogP contribution in [0.4, 0.5) is 0 Å². The average Bonchev–Trinajstić information content (AvgIpc) is 2.75. The highest BCUT2D eigenvalue weighted by molar-refractivity contribution is 9.10. The van der Waals surface area contributed by atoms with E-state index in [1.807, 2.05) is 28.9 Å². The van der Waals surface area contributed by atoms with Gasteiger partial charge in [0.05, 0.1) is 11.9 Å². The summed E-state index contributed by atoms with van der Waals surface area (Å²) >= 11 is 3.53. The largest absolute Gasteiger partial charge is 0.330 e. The SMILES string of the molecule is NCCCn1nncc1-c1ccccc1Br. The zero-order valence-electron chi connectivity index (χ0n) is 8.81. The maximum Gasteiger partial charge on any atom is 0.0896 e. The van der Waals surface area contributed by atoms with Crippen LogP contribution >= 0.6 is 15.9 Å². The monoisotopic (exact) mass is 280 g/mol. The Morgan fingerprint density at radius 1 is 1.31 bits per heavy atom. The van der Waals surface area contributed by atoms with Gasteiger partial charge in [-0.1, -0.05) is 39.3 Å². The van der Waals surface area contributed by atoms with E-state index < -0.39 is 0 Å². The molecule has 1 aromatic carbocycles. The lowest BCUT2D eigenvalue weighted by atomic mass is 10.2. The fourth-order valence-corrected chi connectivity index (χ4v) is 2.03. The second-order valence-corrected chi connectivity index (χ2v) is 4.32. The molecule has 84 valence electrons. The highest BCUT2D eigenvalue weighted by atomic mass is 79.9. The van der Waals surface area contributed by atoms with E-state index in [0.29, 0.717) is 6.54 Å². The Kier molecular flexibility index (Phi) is 3.69. The van der Waals surface area contributed by atoms with Crippen molar-refractivity contribution in [1.29, 1.82) is 0 Å². The summed E-state index contributed by atoms with van der Waals surface area (Å²) in [6, 6.07) is 8.04. The Morgan fingerprint density at radius 2 is 2.12 bits per heavy atom. The number of benzene rings is 1. The minimum Gasteiger partial charge on any atom is -0.330 e. The molecule has 0 fully saturated rings. The molecule has 0 unspecified atom stereocenters. The van der Waals surface area contributed by atoms with Gasteiger partial charge >= 0.3 is 0 Å². The van der Waals surface area contributed by atoms with Crippen molar-refractivity contribution in [3.8, 4) is 11.3 Å². The van der Waals surface area contributed by atoms with Crippen molar-refractivity contribution in [3.05, 3.63) is 34.9 Å². The van der Waals surface area contributed by atoms with E-state index in [2.05, 4.69) is 26.2 Å². The molecule has 0 aliphatic heterocycles. The second kappa shape index (κ2) is 5.23. The molecule has 0 saturated carbocycles. The van der Waals surface area contributed by atoms with Crippen molar-refractivity contribution in [2.45, 2.75) is 13.0 Å². The van der Waals surface area contributed by atoms with Crippen LogP contribution in [-0.2, 0) is 6.54 Å². The van der Waals surface area contributed by atoms with E-state index in [1.165, 1.54) is 0 Å². The molecular weight excluding hydrogens is 268 g/mol. The minimum atomic E-state index is 0.662. The highest BCUT2D eigenvalue weighted by Crippen LogP contribution is 2.26. The van der Waals surface area contributed by atoms with Crippen LogP contribution in [0.5, 0.6) is 0 Å². The summed E-state index contributed by atoms with van der Waals surface area (Å²) in [4.78, 5) is 0. The number of hydrogen-bond donors (Lipinski definition) is 1. The third kappa shape index (κ3) is 2.31. The zero-order chi connectivity index (χ0) is 11.4. The van der Waals surface area contributed by atoms with Crippen LogP contribution in [0, 0.1) is 0 Å². The fourth-order valence-electron chi connectivity index (χ4n) is 1.54. The Balaban J connectivity index is 2.33. The normalized spacial score (nSPS) is 10.6. The van der Waals surface area contributed by atoms with Crippen LogP contribution in [0.1, 0.15) is 6.42 Å². The quantitative estimate of drug-likeness (QED) is 0.933. The number of hydrogen-bond acceptors (Lipinski definition) is 3. The van der Waals surface area contributed by atoms with Crippen LogP contribution < -0.4 is 5.73 Å². The van der Waals surface area contributed by atoms with Gasteiger partial charge in [0.1, 0.15) is 0 Å². The van der Waals surface area contributed by atoms with Crippen LogP contribution in [-0.4, -0.2) is 21.5 Å². The van der Waals surface area contributed by atoms with Crippen LogP contribution in [0.3, 0.4) is 0 Å². The summed E-state index contributed by atoms with van der Waals surface area (Å²) in [6.07, 6.45) is 2.68. The molecule has 2 aromatic rings. The Morgan fingerprint density at radius 3 is 2.88 bits per heavy atom. The lowest BCUT2D eigenvalue weighted by Crippen LogP contribution is -2.08. The molecule has 0 spiro atoms. The predicted octanol–water partition coefficient (Wildman–Crippen LogP) is 2.06. The molecule has 0 radical (unpaired) electrons. The van der Waals surface area contributed by atoms with E-state index in [4.69, 9.17) is 5.73 Å². The predicted molar refractivity (Wildman–Crippen MR) is 66.8 cm³/mol. The van der Waals surface area contributed by atoms with Crippen LogP contribution in [0.2, 0.25) is 0 Å². The molecule has 2 rings (SSSR count). The summed E-state index contributed by atoms with van der Waals surface area (Å²) in [5.41, 5.74) is 7.61.